The van der Waals surface area contributed by atoms with Gasteiger partial charge in [-0.2, -0.15) is 0 Å². The van der Waals surface area contributed by atoms with Crippen LogP contribution in [-0.4, -0.2) is 36.6 Å². The van der Waals surface area contributed by atoms with Crippen LogP contribution >= 0.6 is 0 Å². The summed E-state index contributed by atoms with van der Waals surface area (Å²) < 4.78 is 4.43. The maximum atomic E-state index is 11.9. The van der Waals surface area contributed by atoms with Crippen molar-refractivity contribution in [3.8, 4) is 0 Å². The molecule has 0 aromatic heterocycles. The normalized spacial score (nSPS) is 16.3. The van der Waals surface area contributed by atoms with Crippen LogP contribution in [0.3, 0.4) is 0 Å². The van der Waals surface area contributed by atoms with Gasteiger partial charge in [-0.3, -0.25) is 15.0 Å². The van der Waals surface area contributed by atoms with Crippen molar-refractivity contribution in [1.82, 2.24) is 10.2 Å². The van der Waals surface area contributed by atoms with Gasteiger partial charge in [0.2, 0.25) is 5.91 Å². The van der Waals surface area contributed by atoms with E-state index in [4.69, 9.17) is 0 Å². The minimum Gasteiger partial charge on any atom is -0.453 e. The van der Waals surface area contributed by atoms with Crippen LogP contribution in [-0.2, 0) is 22.5 Å². The predicted molar refractivity (Wildman–Crippen MR) is 70.6 cm³/mol. The molecule has 19 heavy (non-hydrogen) atoms. The summed E-state index contributed by atoms with van der Waals surface area (Å²) >= 11 is 0. The number of methoxy groups -OCH3 is 1. The van der Waals surface area contributed by atoms with Crippen LogP contribution in [0.1, 0.15) is 18.1 Å². The van der Waals surface area contributed by atoms with Gasteiger partial charge in [0.25, 0.3) is 0 Å². The standard InChI is InChI=1S/C14H18N2O3/c1-10(13(17)15-14(18)19-2)16-8-7-11-5-3-4-6-12(11)9-16/h3-6,10H,7-9H2,1-2H3,(H,15,17,18)/t10-/m0/s1. The molecule has 102 valence electrons. The highest BCUT2D eigenvalue weighted by Crippen LogP contribution is 2.20. The summed E-state index contributed by atoms with van der Waals surface area (Å²) in [5, 5.41) is 2.21. The first-order chi connectivity index (χ1) is 9.11. The van der Waals surface area contributed by atoms with E-state index in [-0.39, 0.29) is 11.9 Å². The number of carbonyl (C=O) groups excluding carboxylic acids is 2. The maximum Gasteiger partial charge on any atom is 0.413 e. The van der Waals surface area contributed by atoms with Crippen LogP contribution in [0.4, 0.5) is 4.79 Å². The second-order valence-electron chi connectivity index (χ2n) is 4.65. The molecule has 0 unspecified atom stereocenters. The Morgan fingerprint density at radius 3 is 2.68 bits per heavy atom. The number of nitrogens with one attached hydrogen (secondary N) is 1. The maximum absolute atomic E-state index is 11.9. The topological polar surface area (TPSA) is 58.6 Å². The van der Waals surface area contributed by atoms with Gasteiger partial charge in [0, 0.05) is 13.1 Å². The van der Waals surface area contributed by atoms with Crippen molar-refractivity contribution in [2.45, 2.75) is 25.9 Å². The molecule has 0 radical (unpaired) electrons. The minimum atomic E-state index is -0.714. The average molecular weight is 262 g/mol. The van der Waals surface area contributed by atoms with Crippen LogP contribution < -0.4 is 5.32 Å². The van der Waals surface area contributed by atoms with Crippen molar-refractivity contribution in [2.24, 2.45) is 0 Å². The van der Waals surface area contributed by atoms with Gasteiger partial charge in [0.1, 0.15) is 0 Å². The lowest BCUT2D eigenvalue weighted by Crippen LogP contribution is -2.48. The van der Waals surface area contributed by atoms with E-state index in [0.29, 0.717) is 0 Å². The van der Waals surface area contributed by atoms with E-state index in [1.54, 1.807) is 6.92 Å². The lowest BCUT2D eigenvalue weighted by Gasteiger charge is -2.32. The Morgan fingerprint density at radius 1 is 1.32 bits per heavy atom. The van der Waals surface area contributed by atoms with Gasteiger partial charge in [0.15, 0.2) is 0 Å². The Morgan fingerprint density at radius 2 is 2.00 bits per heavy atom. The number of alkyl carbamates (subject to hydrolysis) is 1. The summed E-state index contributed by atoms with van der Waals surface area (Å²) in [6.45, 7) is 3.34. The van der Waals surface area contributed by atoms with E-state index >= 15 is 0 Å². The van der Waals surface area contributed by atoms with Crippen LogP contribution in [0.25, 0.3) is 0 Å². The van der Waals surface area contributed by atoms with E-state index in [2.05, 4.69) is 27.1 Å². The fraction of sp³-hybridized carbons (Fsp3) is 0.429. The summed E-state index contributed by atoms with van der Waals surface area (Å²) in [6, 6.07) is 7.87. The summed E-state index contributed by atoms with van der Waals surface area (Å²) in [5.41, 5.74) is 2.57. The number of ether oxygens (including phenoxy) is 1. The highest BCUT2D eigenvalue weighted by Gasteiger charge is 2.26. The molecule has 1 aliphatic heterocycles. The zero-order valence-electron chi connectivity index (χ0n) is 11.2. The molecule has 0 saturated heterocycles. The fourth-order valence-electron chi connectivity index (χ4n) is 2.27. The molecule has 1 aliphatic rings. The molecular formula is C14H18N2O3. The molecule has 0 spiro atoms. The highest BCUT2D eigenvalue weighted by molar-refractivity contribution is 5.94. The van der Waals surface area contributed by atoms with Gasteiger partial charge < -0.3 is 4.74 Å². The Labute approximate surface area is 112 Å². The molecule has 5 heteroatoms. The number of imide groups is 1. The van der Waals surface area contributed by atoms with Crippen molar-refractivity contribution in [1.29, 1.82) is 0 Å². The summed E-state index contributed by atoms with van der Waals surface area (Å²) in [5.74, 6) is -0.328. The molecule has 2 rings (SSSR count). The number of amides is 2. The van der Waals surface area contributed by atoms with Gasteiger partial charge in [0.05, 0.1) is 13.2 Å². The largest absolute Gasteiger partial charge is 0.453 e. The lowest BCUT2D eigenvalue weighted by atomic mass is 9.99. The van der Waals surface area contributed by atoms with Crippen molar-refractivity contribution in [3.63, 3.8) is 0 Å². The zero-order chi connectivity index (χ0) is 13.8. The number of hydrogen-bond acceptors (Lipinski definition) is 4. The molecule has 0 bridgehead atoms. The predicted octanol–water partition coefficient (Wildman–Crippen LogP) is 1.32. The van der Waals surface area contributed by atoms with Crippen LogP contribution in [0.2, 0.25) is 0 Å². The van der Waals surface area contributed by atoms with Gasteiger partial charge in [-0.1, -0.05) is 24.3 Å². The van der Waals surface area contributed by atoms with Crippen LogP contribution in [0, 0.1) is 0 Å². The van der Waals surface area contributed by atoms with Gasteiger partial charge in [-0.15, -0.1) is 0 Å². The Kier molecular flexibility index (Phi) is 4.16. The number of nitrogens with zero attached hydrogens (tertiary/aromatic N) is 1. The van der Waals surface area contributed by atoms with Gasteiger partial charge in [-0.25, -0.2) is 4.79 Å². The smallest absolute Gasteiger partial charge is 0.413 e. The first-order valence-corrected chi connectivity index (χ1v) is 6.31. The summed E-state index contributed by atoms with van der Waals surface area (Å²) in [7, 11) is 1.24. The van der Waals surface area contributed by atoms with Crippen molar-refractivity contribution in [2.75, 3.05) is 13.7 Å². The summed E-state index contributed by atoms with van der Waals surface area (Å²) in [4.78, 5) is 25.0. The van der Waals surface area contributed by atoms with Crippen LogP contribution in [0.15, 0.2) is 24.3 Å². The molecule has 0 fully saturated rings. The van der Waals surface area contributed by atoms with E-state index in [1.807, 2.05) is 12.1 Å². The molecule has 1 aromatic rings. The molecule has 1 atom stereocenters. The van der Waals surface area contributed by atoms with Crippen molar-refractivity contribution < 1.29 is 14.3 Å². The molecule has 0 saturated carbocycles. The molecule has 2 amide bonds. The highest BCUT2D eigenvalue weighted by atomic mass is 16.5. The first-order valence-electron chi connectivity index (χ1n) is 6.31. The Balaban J connectivity index is 2.00. The monoisotopic (exact) mass is 262 g/mol. The number of carbonyl (C=O) groups is 2. The molecular weight excluding hydrogens is 244 g/mol. The molecule has 1 N–H and O–H groups in total. The van der Waals surface area contributed by atoms with Crippen molar-refractivity contribution >= 4 is 12.0 Å². The molecule has 1 heterocycles. The SMILES string of the molecule is COC(=O)NC(=O)[C@H](C)N1CCc2ccccc2C1. The van der Waals surface area contributed by atoms with E-state index in [1.165, 1.54) is 18.2 Å². The minimum absolute atomic E-state index is 0.328. The number of rotatable bonds is 2. The van der Waals surface area contributed by atoms with E-state index < -0.39 is 6.09 Å². The van der Waals surface area contributed by atoms with Gasteiger partial charge in [-0.05, 0) is 24.5 Å². The van der Waals surface area contributed by atoms with Crippen molar-refractivity contribution in [3.05, 3.63) is 35.4 Å². The lowest BCUT2D eigenvalue weighted by molar-refractivity contribution is -0.125. The molecule has 0 aliphatic carbocycles. The average Bonchev–Trinajstić information content (AvgIpc) is 2.45. The quantitative estimate of drug-likeness (QED) is 0.873. The third-order valence-electron chi connectivity index (χ3n) is 3.50. The van der Waals surface area contributed by atoms with E-state index in [9.17, 15) is 9.59 Å². The summed E-state index contributed by atoms with van der Waals surface area (Å²) in [6.07, 6.45) is 0.209. The van der Waals surface area contributed by atoms with Crippen LogP contribution in [0.5, 0.6) is 0 Å². The third kappa shape index (κ3) is 3.12. The zero-order valence-corrected chi connectivity index (χ0v) is 11.2. The molecule has 5 nitrogen and oxygen atoms in total. The second kappa shape index (κ2) is 5.84. The Bertz CT molecular complexity index is 487. The number of hydrogen-bond donors (Lipinski definition) is 1. The second-order valence-corrected chi connectivity index (χ2v) is 4.65. The fourth-order valence-corrected chi connectivity index (χ4v) is 2.27. The first kappa shape index (κ1) is 13.5. The van der Waals surface area contributed by atoms with Gasteiger partial charge >= 0.3 is 6.09 Å². The molecule has 1 aromatic carbocycles. The number of benzene rings is 1. The van der Waals surface area contributed by atoms with E-state index in [0.717, 1.165) is 19.5 Å². The third-order valence-corrected chi connectivity index (χ3v) is 3.50. The Hall–Kier alpha value is -1.88. The number of fused-ring (bicyclic) bond motifs is 1.